The summed E-state index contributed by atoms with van der Waals surface area (Å²) >= 11 is 0. The van der Waals surface area contributed by atoms with Crippen molar-refractivity contribution in [1.82, 2.24) is 9.80 Å². The maximum absolute atomic E-state index is 2.71. The van der Waals surface area contributed by atoms with Crippen LogP contribution >= 0.6 is 0 Å². The fraction of sp³-hybridized carbons (Fsp3) is 1.00. The van der Waals surface area contributed by atoms with Crippen LogP contribution in [-0.2, 0) is 0 Å². The summed E-state index contributed by atoms with van der Waals surface area (Å²) in [5, 5.41) is 0. The molecule has 0 aromatic carbocycles. The van der Waals surface area contributed by atoms with Crippen LogP contribution < -0.4 is 0 Å². The monoisotopic (exact) mass is 366 g/mol. The summed E-state index contributed by atoms with van der Waals surface area (Å²) in [6, 6.07) is 0. The van der Waals surface area contributed by atoms with Crippen LogP contribution in [0.2, 0.25) is 0 Å². The zero-order chi connectivity index (χ0) is 20.4. The first kappa shape index (κ1) is 24.0. The lowest BCUT2D eigenvalue weighted by Gasteiger charge is -2.47. The number of rotatable bonds is 9. The molecule has 0 amide bonds. The third-order valence-corrected chi connectivity index (χ3v) is 7.95. The molecule has 0 atom stereocenters. The lowest BCUT2D eigenvalue weighted by Crippen LogP contribution is -2.53. The first-order valence-electron chi connectivity index (χ1n) is 11.1. The molecule has 0 spiro atoms. The number of hydrogen-bond donors (Lipinski definition) is 0. The molecule has 0 radical (unpaired) electrons. The molecule has 1 fully saturated rings. The molecule has 1 aliphatic rings. The van der Waals surface area contributed by atoms with Gasteiger partial charge in [-0.2, -0.15) is 0 Å². The summed E-state index contributed by atoms with van der Waals surface area (Å²) in [6.45, 7) is 34.1. The van der Waals surface area contributed by atoms with Gasteiger partial charge < -0.3 is 9.80 Å². The largest absolute Gasteiger partial charge is 0.300 e. The van der Waals surface area contributed by atoms with E-state index in [2.05, 4.69) is 86.0 Å². The van der Waals surface area contributed by atoms with E-state index in [0.717, 1.165) is 5.92 Å². The third-order valence-electron chi connectivity index (χ3n) is 7.95. The Morgan fingerprint density at radius 3 is 1.50 bits per heavy atom. The Morgan fingerprint density at radius 1 is 0.692 bits per heavy atom. The standard InChI is InChI=1S/C24H50N2/c1-12-23(8,9)24(10,11)19-26-15-13-25(14-16-26)18-21(4,5)17-22(6,7)20(2)3/h20H,12-19H2,1-11H3. The number of hydrogen-bond acceptors (Lipinski definition) is 2. The van der Waals surface area contributed by atoms with Gasteiger partial charge in [0.1, 0.15) is 0 Å². The highest BCUT2D eigenvalue weighted by molar-refractivity contribution is 4.90. The molecule has 2 nitrogen and oxygen atoms in total. The summed E-state index contributed by atoms with van der Waals surface area (Å²) in [7, 11) is 0. The van der Waals surface area contributed by atoms with E-state index < -0.39 is 0 Å². The van der Waals surface area contributed by atoms with Crippen LogP contribution in [0, 0.1) is 27.6 Å². The van der Waals surface area contributed by atoms with Gasteiger partial charge in [-0.05, 0) is 34.0 Å². The smallest absolute Gasteiger partial charge is 0.0110 e. The van der Waals surface area contributed by atoms with Gasteiger partial charge in [-0.3, -0.25) is 0 Å². The number of piperazine rings is 1. The SMILES string of the molecule is CCC(C)(C)C(C)(C)CN1CCN(CC(C)(C)CC(C)(C)C(C)C)CC1. The van der Waals surface area contributed by atoms with E-state index in [9.17, 15) is 0 Å². The molecule has 1 aliphatic heterocycles. The van der Waals surface area contributed by atoms with Crippen molar-refractivity contribution in [2.75, 3.05) is 39.3 Å². The quantitative estimate of drug-likeness (QED) is 0.482. The van der Waals surface area contributed by atoms with E-state index in [1.165, 1.54) is 52.1 Å². The first-order chi connectivity index (χ1) is 11.6. The molecule has 0 saturated carbocycles. The molecule has 0 aliphatic carbocycles. The van der Waals surface area contributed by atoms with Crippen LogP contribution in [0.5, 0.6) is 0 Å². The van der Waals surface area contributed by atoms with Gasteiger partial charge in [0.25, 0.3) is 0 Å². The molecular weight excluding hydrogens is 316 g/mol. The molecule has 26 heavy (non-hydrogen) atoms. The lowest BCUT2D eigenvalue weighted by atomic mass is 9.66. The van der Waals surface area contributed by atoms with E-state index in [4.69, 9.17) is 0 Å². The molecule has 0 aromatic heterocycles. The zero-order valence-electron chi connectivity index (χ0n) is 20.1. The fourth-order valence-corrected chi connectivity index (χ4v) is 4.46. The van der Waals surface area contributed by atoms with Gasteiger partial charge in [-0.15, -0.1) is 0 Å². The fourth-order valence-electron chi connectivity index (χ4n) is 4.46. The second-order valence-electron chi connectivity index (χ2n) is 12.2. The molecule has 0 N–H and O–H groups in total. The summed E-state index contributed by atoms with van der Waals surface area (Å²) in [4.78, 5) is 5.42. The Balaban J connectivity index is 2.54. The Hall–Kier alpha value is -0.0800. The van der Waals surface area contributed by atoms with Crippen LogP contribution in [0.1, 0.15) is 89.0 Å². The van der Waals surface area contributed by atoms with Crippen molar-refractivity contribution in [2.45, 2.75) is 89.0 Å². The predicted octanol–water partition coefficient (Wildman–Crippen LogP) is 6.16. The van der Waals surface area contributed by atoms with E-state index in [1.807, 2.05) is 0 Å². The number of nitrogens with zero attached hydrogens (tertiary/aromatic N) is 2. The van der Waals surface area contributed by atoms with Gasteiger partial charge in [-0.1, -0.05) is 82.6 Å². The Kier molecular flexibility index (Phi) is 7.85. The van der Waals surface area contributed by atoms with E-state index in [0.29, 0.717) is 21.7 Å². The Labute approximate surface area is 166 Å². The molecule has 0 unspecified atom stereocenters. The molecule has 2 heteroatoms. The minimum Gasteiger partial charge on any atom is -0.300 e. The second-order valence-corrected chi connectivity index (χ2v) is 12.2. The van der Waals surface area contributed by atoms with Gasteiger partial charge >= 0.3 is 0 Å². The summed E-state index contributed by atoms with van der Waals surface area (Å²) in [6.07, 6.45) is 2.55. The van der Waals surface area contributed by atoms with Gasteiger partial charge in [0.2, 0.25) is 0 Å². The van der Waals surface area contributed by atoms with Crippen molar-refractivity contribution in [2.24, 2.45) is 27.6 Å². The molecule has 1 saturated heterocycles. The molecular formula is C24H50N2. The Morgan fingerprint density at radius 2 is 1.12 bits per heavy atom. The highest BCUT2D eigenvalue weighted by Crippen LogP contribution is 2.42. The van der Waals surface area contributed by atoms with E-state index in [1.54, 1.807) is 0 Å². The van der Waals surface area contributed by atoms with E-state index in [-0.39, 0.29) is 0 Å². The predicted molar refractivity (Wildman–Crippen MR) is 118 cm³/mol. The maximum atomic E-state index is 2.71. The van der Waals surface area contributed by atoms with Crippen LogP contribution in [0.25, 0.3) is 0 Å². The summed E-state index contributed by atoms with van der Waals surface area (Å²) in [5.41, 5.74) is 1.57. The van der Waals surface area contributed by atoms with Crippen molar-refractivity contribution in [3.8, 4) is 0 Å². The minimum atomic E-state index is 0.366. The molecule has 1 heterocycles. The van der Waals surface area contributed by atoms with Crippen LogP contribution in [0.3, 0.4) is 0 Å². The van der Waals surface area contributed by atoms with Crippen LogP contribution in [0.4, 0.5) is 0 Å². The molecule has 1 rings (SSSR count). The minimum absolute atomic E-state index is 0.366. The second kappa shape index (κ2) is 8.52. The van der Waals surface area contributed by atoms with Crippen molar-refractivity contribution < 1.29 is 0 Å². The average Bonchev–Trinajstić information content (AvgIpc) is 2.47. The Bertz CT molecular complexity index is 423. The summed E-state index contributed by atoms with van der Waals surface area (Å²) < 4.78 is 0. The van der Waals surface area contributed by atoms with Gasteiger partial charge in [0.15, 0.2) is 0 Å². The zero-order valence-corrected chi connectivity index (χ0v) is 20.1. The van der Waals surface area contributed by atoms with Gasteiger partial charge in [0.05, 0.1) is 0 Å². The van der Waals surface area contributed by atoms with Crippen LogP contribution in [-0.4, -0.2) is 49.1 Å². The average molecular weight is 367 g/mol. The first-order valence-corrected chi connectivity index (χ1v) is 11.1. The van der Waals surface area contributed by atoms with Crippen LogP contribution in [0.15, 0.2) is 0 Å². The normalized spacial score (nSPS) is 19.4. The molecule has 0 bridgehead atoms. The van der Waals surface area contributed by atoms with Crippen molar-refractivity contribution in [1.29, 1.82) is 0 Å². The van der Waals surface area contributed by atoms with Crippen molar-refractivity contribution in [3.63, 3.8) is 0 Å². The molecule has 0 aromatic rings. The summed E-state index contributed by atoms with van der Waals surface area (Å²) in [5.74, 6) is 0.739. The topological polar surface area (TPSA) is 6.48 Å². The van der Waals surface area contributed by atoms with Crippen molar-refractivity contribution in [3.05, 3.63) is 0 Å². The third kappa shape index (κ3) is 6.51. The van der Waals surface area contributed by atoms with E-state index >= 15 is 0 Å². The van der Waals surface area contributed by atoms with Gasteiger partial charge in [-0.25, -0.2) is 0 Å². The van der Waals surface area contributed by atoms with Crippen molar-refractivity contribution >= 4 is 0 Å². The maximum Gasteiger partial charge on any atom is 0.0110 e. The molecule has 156 valence electrons. The lowest BCUT2D eigenvalue weighted by molar-refractivity contribution is 0.0173. The van der Waals surface area contributed by atoms with Gasteiger partial charge in [0, 0.05) is 39.3 Å². The highest BCUT2D eigenvalue weighted by atomic mass is 15.3. The highest BCUT2D eigenvalue weighted by Gasteiger charge is 2.38.